The molecule has 0 saturated carbocycles. The van der Waals surface area contributed by atoms with Gasteiger partial charge in [0.25, 0.3) is 0 Å². The summed E-state index contributed by atoms with van der Waals surface area (Å²) < 4.78 is 31.7. The Bertz CT molecular complexity index is 692. The number of hydrogen-bond acceptors (Lipinski definition) is 5. The van der Waals surface area contributed by atoms with Crippen LogP contribution in [0.25, 0.3) is 0 Å². The Kier molecular flexibility index (Phi) is 4.81. The van der Waals surface area contributed by atoms with Gasteiger partial charge in [-0.25, -0.2) is 13.2 Å². The Hall–Kier alpha value is -1.15. The van der Waals surface area contributed by atoms with Crippen molar-refractivity contribution in [2.75, 3.05) is 26.7 Å². The highest BCUT2D eigenvalue weighted by Crippen LogP contribution is 2.34. The van der Waals surface area contributed by atoms with Crippen LogP contribution < -0.4 is 5.73 Å². The average molecular weight is 347 g/mol. The fraction of sp³-hybridized carbons (Fsp3) is 0.500. The highest BCUT2D eigenvalue weighted by atomic mass is 35.5. The number of esters is 1. The zero-order valence-electron chi connectivity index (χ0n) is 12.5. The highest BCUT2D eigenvalue weighted by Gasteiger charge is 2.40. The summed E-state index contributed by atoms with van der Waals surface area (Å²) in [6, 6.07) is 4.08. The summed E-state index contributed by atoms with van der Waals surface area (Å²) in [6.45, 7) is 3.06. The molecule has 0 aromatic heterocycles. The van der Waals surface area contributed by atoms with E-state index in [4.69, 9.17) is 17.3 Å². The molecular weight excluding hydrogens is 328 g/mol. The maximum Gasteiger partial charge on any atom is 0.339 e. The van der Waals surface area contributed by atoms with Crippen molar-refractivity contribution >= 4 is 27.6 Å². The van der Waals surface area contributed by atoms with Gasteiger partial charge in [-0.05, 0) is 36.6 Å². The van der Waals surface area contributed by atoms with Crippen molar-refractivity contribution in [1.29, 1.82) is 0 Å². The number of carbonyl (C=O) groups is 1. The van der Waals surface area contributed by atoms with Crippen molar-refractivity contribution in [3.63, 3.8) is 0 Å². The van der Waals surface area contributed by atoms with E-state index in [2.05, 4.69) is 4.74 Å². The lowest BCUT2D eigenvalue weighted by Crippen LogP contribution is -2.35. The van der Waals surface area contributed by atoms with Gasteiger partial charge in [0.1, 0.15) is 0 Å². The monoisotopic (exact) mass is 346 g/mol. The third-order valence-electron chi connectivity index (χ3n) is 3.98. The molecule has 8 heteroatoms. The first-order chi connectivity index (χ1) is 10.2. The van der Waals surface area contributed by atoms with Crippen molar-refractivity contribution in [3.8, 4) is 0 Å². The van der Waals surface area contributed by atoms with Gasteiger partial charge in [-0.3, -0.25) is 0 Å². The minimum atomic E-state index is -3.80. The second-order valence-corrected chi connectivity index (χ2v) is 8.08. The maximum absolute atomic E-state index is 12.8. The third-order valence-corrected chi connectivity index (χ3v) is 6.12. The standard InChI is InChI=1S/C14H19ClN2O4S/c1-14(8-16)5-6-17(9-14)22(19,20)12-4-3-10(15)7-11(12)13(18)21-2/h3-4,7H,5-6,8-9,16H2,1-2H3. The molecule has 2 rings (SSSR count). The first-order valence-corrected chi connectivity index (χ1v) is 8.63. The minimum absolute atomic E-state index is 0.0589. The molecule has 1 saturated heterocycles. The normalized spacial score (nSPS) is 22.7. The SMILES string of the molecule is COC(=O)c1cc(Cl)ccc1S(=O)(=O)N1CCC(C)(CN)C1. The van der Waals surface area contributed by atoms with E-state index in [-0.39, 0.29) is 20.9 Å². The molecule has 1 atom stereocenters. The Morgan fingerprint density at radius 1 is 1.50 bits per heavy atom. The summed E-state index contributed by atoms with van der Waals surface area (Å²) in [4.78, 5) is 11.8. The zero-order valence-corrected chi connectivity index (χ0v) is 14.1. The number of sulfonamides is 1. The number of rotatable bonds is 4. The second kappa shape index (κ2) is 6.16. The molecule has 0 spiro atoms. The number of methoxy groups -OCH3 is 1. The van der Waals surface area contributed by atoms with E-state index in [0.29, 0.717) is 26.1 Å². The van der Waals surface area contributed by atoms with Crippen LogP contribution in [0.1, 0.15) is 23.7 Å². The van der Waals surface area contributed by atoms with Crippen molar-refractivity contribution in [2.24, 2.45) is 11.1 Å². The van der Waals surface area contributed by atoms with Crippen LogP contribution in [0.15, 0.2) is 23.1 Å². The number of ether oxygens (including phenoxy) is 1. The van der Waals surface area contributed by atoms with Crippen molar-refractivity contribution in [3.05, 3.63) is 28.8 Å². The van der Waals surface area contributed by atoms with E-state index < -0.39 is 16.0 Å². The Balaban J connectivity index is 2.45. The molecule has 122 valence electrons. The van der Waals surface area contributed by atoms with Gasteiger partial charge in [0.2, 0.25) is 10.0 Å². The van der Waals surface area contributed by atoms with Crippen LogP contribution in [0.4, 0.5) is 0 Å². The molecule has 1 aliphatic heterocycles. The third kappa shape index (κ3) is 3.12. The van der Waals surface area contributed by atoms with Gasteiger partial charge in [0, 0.05) is 18.1 Å². The van der Waals surface area contributed by atoms with Gasteiger partial charge in [-0.1, -0.05) is 18.5 Å². The second-order valence-electron chi connectivity index (χ2n) is 5.74. The molecule has 1 unspecified atom stereocenters. The van der Waals surface area contributed by atoms with Gasteiger partial charge in [0.15, 0.2) is 0 Å². The number of nitrogens with zero attached hydrogens (tertiary/aromatic N) is 1. The molecule has 1 aliphatic rings. The maximum atomic E-state index is 12.8. The van der Waals surface area contributed by atoms with Crippen molar-refractivity contribution in [2.45, 2.75) is 18.2 Å². The van der Waals surface area contributed by atoms with E-state index in [9.17, 15) is 13.2 Å². The predicted molar refractivity (Wildman–Crippen MR) is 83.3 cm³/mol. The van der Waals surface area contributed by atoms with Crippen molar-refractivity contribution < 1.29 is 17.9 Å². The van der Waals surface area contributed by atoms with E-state index in [1.807, 2.05) is 6.92 Å². The van der Waals surface area contributed by atoms with Crippen LogP contribution in [0, 0.1) is 5.41 Å². The fourth-order valence-electron chi connectivity index (χ4n) is 2.49. The Labute approximate surface area is 135 Å². The van der Waals surface area contributed by atoms with Crippen LogP contribution >= 0.6 is 11.6 Å². The van der Waals surface area contributed by atoms with Crippen LogP contribution in [0.3, 0.4) is 0 Å². The molecule has 1 aromatic rings. The predicted octanol–water partition coefficient (Wildman–Crippen LogP) is 1.49. The van der Waals surface area contributed by atoms with Crippen LogP contribution in [0.2, 0.25) is 5.02 Å². The topological polar surface area (TPSA) is 89.7 Å². The quantitative estimate of drug-likeness (QED) is 0.834. The highest BCUT2D eigenvalue weighted by molar-refractivity contribution is 7.89. The molecule has 0 amide bonds. The lowest BCUT2D eigenvalue weighted by Gasteiger charge is -2.23. The zero-order chi connectivity index (χ0) is 16.5. The molecule has 22 heavy (non-hydrogen) atoms. The van der Waals surface area contributed by atoms with Gasteiger partial charge in [0.05, 0.1) is 17.6 Å². The van der Waals surface area contributed by atoms with Crippen LogP contribution in [-0.2, 0) is 14.8 Å². The first kappa shape index (κ1) is 17.2. The molecule has 1 aromatic carbocycles. The average Bonchev–Trinajstić information content (AvgIpc) is 2.90. The summed E-state index contributed by atoms with van der Waals surface area (Å²) in [5, 5.41) is 0.271. The number of benzene rings is 1. The molecule has 6 nitrogen and oxygen atoms in total. The van der Waals surface area contributed by atoms with Gasteiger partial charge in [-0.15, -0.1) is 0 Å². The minimum Gasteiger partial charge on any atom is -0.465 e. The molecular formula is C14H19ClN2O4S. The lowest BCUT2D eigenvalue weighted by atomic mass is 9.90. The van der Waals surface area contributed by atoms with Gasteiger partial charge in [-0.2, -0.15) is 4.31 Å². The summed E-state index contributed by atoms with van der Waals surface area (Å²) in [6.07, 6.45) is 0.684. The summed E-state index contributed by atoms with van der Waals surface area (Å²) in [5.41, 5.74) is 5.41. The fourth-order valence-corrected chi connectivity index (χ4v) is 4.41. The molecule has 0 aliphatic carbocycles. The molecule has 1 fully saturated rings. The van der Waals surface area contributed by atoms with Gasteiger partial charge >= 0.3 is 5.97 Å². The number of hydrogen-bond donors (Lipinski definition) is 1. The number of carbonyl (C=O) groups excluding carboxylic acids is 1. The summed E-state index contributed by atoms with van der Waals surface area (Å²) in [7, 11) is -2.61. The summed E-state index contributed by atoms with van der Waals surface area (Å²) >= 11 is 5.86. The molecule has 2 N–H and O–H groups in total. The lowest BCUT2D eigenvalue weighted by molar-refractivity contribution is 0.0596. The largest absolute Gasteiger partial charge is 0.465 e. The number of halogens is 1. The number of nitrogens with two attached hydrogens (primary N) is 1. The summed E-state index contributed by atoms with van der Waals surface area (Å²) in [5.74, 6) is -0.734. The smallest absolute Gasteiger partial charge is 0.339 e. The molecule has 0 radical (unpaired) electrons. The molecule has 0 bridgehead atoms. The Morgan fingerprint density at radius 3 is 2.73 bits per heavy atom. The van der Waals surface area contributed by atoms with Crippen LogP contribution in [0.5, 0.6) is 0 Å². The van der Waals surface area contributed by atoms with E-state index in [0.717, 1.165) is 0 Å². The van der Waals surface area contributed by atoms with Crippen molar-refractivity contribution in [1.82, 2.24) is 4.31 Å². The molecule has 1 heterocycles. The van der Waals surface area contributed by atoms with Gasteiger partial charge < -0.3 is 10.5 Å². The van der Waals surface area contributed by atoms with E-state index >= 15 is 0 Å². The first-order valence-electron chi connectivity index (χ1n) is 6.81. The van der Waals surface area contributed by atoms with E-state index in [1.165, 1.54) is 29.6 Å². The van der Waals surface area contributed by atoms with Crippen LogP contribution in [-0.4, -0.2) is 45.4 Å². The van der Waals surface area contributed by atoms with E-state index in [1.54, 1.807) is 0 Å². The Morgan fingerprint density at radius 2 is 2.18 bits per heavy atom.